The molecule has 1 heterocycles. The van der Waals surface area contributed by atoms with Crippen molar-refractivity contribution >= 4 is 5.91 Å². The largest absolute Gasteiger partial charge is 0.483 e. The lowest BCUT2D eigenvalue weighted by atomic mass is 10.1. The van der Waals surface area contributed by atoms with Gasteiger partial charge in [-0.25, -0.2) is 8.78 Å². The van der Waals surface area contributed by atoms with E-state index < -0.39 is 41.5 Å². The normalized spacial score (nSPS) is 10.7. The zero-order valence-corrected chi connectivity index (χ0v) is 13.8. The summed E-state index contributed by atoms with van der Waals surface area (Å²) in [6, 6.07) is 9.53. The maximum absolute atomic E-state index is 13.6. The average Bonchev–Trinajstić information content (AvgIpc) is 3.18. The Labute approximate surface area is 151 Å². The van der Waals surface area contributed by atoms with Gasteiger partial charge in [-0.15, -0.1) is 0 Å². The molecule has 27 heavy (non-hydrogen) atoms. The molecule has 1 aromatic heterocycles. The standard InChI is InChI=1S/C19H13F4NO3/c20-14-8-15(21)17(23)18(16(14)22)27-10-11-3-1-4-12(7-11)19(25)24-9-13-5-2-6-26-13/h1-8H,9-10H2,(H,24,25). The second kappa shape index (κ2) is 7.94. The molecule has 1 amide bonds. The van der Waals surface area contributed by atoms with Gasteiger partial charge in [0.05, 0.1) is 12.8 Å². The summed E-state index contributed by atoms with van der Waals surface area (Å²) in [6.07, 6.45) is 1.48. The lowest BCUT2D eigenvalue weighted by Gasteiger charge is -2.10. The Morgan fingerprint density at radius 1 is 1.00 bits per heavy atom. The molecule has 0 spiro atoms. The van der Waals surface area contributed by atoms with E-state index >= 15 is 0 Å². The molecular weight excluding hydrogens is 366 g/mol. The van der Waals surface area contributed by atoms with E-state index in [4.69, 9.17) is 9.15 Å². The minimum atomic E-state index is -1.62. The topological polar surface area (TPSA) is 51.5 Å². The molecule has 3 rings (SSSR count). The lowest BCUT2D eigenvalue weighted by Crippen LogP contribution is -2.22. The van der Waals surface area contributed by atoms with Crippen LogP contribution in [-0.4, -0.2) is 5.91 Å². The van der Waals surface area contributed by atoms with Gasteiger partial charge in [0.2, 0.25) is 11.6 Å². The van der Waals surface area contributed by atoms with Crippen LogP contribution in [0, 0.1) is 23.3 Å². The number of furan rings is 1. The Morgan fingerprint density at radius 2 is 1.74 bits per heavy atom. The van der Waals surface area contributed by atoms with Gasteiger partial charge in [0.15, 0.2) is 17.4 Å². The number of carbonyl (C=O) groups is 1. The van der Waals surface area contributed by atoms with Crippen molar-refractivity contribution in [2.45, 2.75) is 13.2 Å². The number of hydrogen-bond acceptors (Lipinski definition) is 3. The van der Waals surface area contributed by atoms with Crippen LogP contribution < -0.4 is 10.1 Å². The number of rotatable bonds is 6. The van der Waals surface area contributed by atoms with Gasteiger partial charge >= 0.3 is 0 Å². The molecule has 0 fully saturated rings. The molecule has 140 valence electrons. The van der Waals surface area contributed by atoms with Gasteiger partial charge in [-0.2, -0.15) is 8.78 Å². The van der Waals surface area contributed by atoms with Crippen molar-refractivity contribution in [2.24, 2.45) is 0 Å². The Kier molecular flexibility index (Phi) is 5.44. The van der Waals surface area contributed by atoms with Gasteiger partial charge in [-0.05, 0) is 29.8 Å². The fraction of sp³-hybridized carbons (Fsp3) is 0.105. The van der Waals surface area contributed by atoms with E-state index in [0.717, 1.165) is 0 Å². The summed E-state index contributed by atoms with van der Waals surface area (Å²) < 4.78 is 63.6. The van der Waals surface area contributed by atoms with E-state index in [1.807, 2.05) is 0 Å². The van der Waals surface area contributed by atoms with Gasteiger partial charge in [-0.3, -0.25) is 4.79 Å². The molecular formula is C19H13F4NO3. The molecule has 4 nitrogen and oxygen atoms in total. The Balaban J connectivity index is 1.69. The molecule has 0 aliphatic heterocycles. The minimum absolute atomic E-state index is 0.0987. The molecule has 1 N–H and O–H groups in total. The summed E-state index contributed by atoms with van der Waals surface area (Å²) in [5.74, 6) is -7.35. The van der Waals surface area contributed by atoms with Crippen LogP contribution in [0.4, 0.5) is 17.6 Å². The summed E-state index contributed by atoms with van der Waals surface area (Å²) in [5.41, 5.74) is 0.651. The molecule has 0 atom stereocenters. The van der Waals surface area contributed by atoms with E-state index in [1.165, 1.54) is 24.5 Å². The number of ether oxygens (including phenoxy) is 1. The van der Waals surface area contributed by atoms with Crippen molar-refractivity contribution in [3.8, 4) is 5.75 Å². The monoisotopic (exact) mass is 379 g/mol. The zero-order chi connectivity index (χ0) is 19.4. The molecule has 0 bridgehead atoms. The van der Waals surface area contributed by atoms with E-state index in [0.29, 0.717) is 11.3 Å². The minimum Gasteiger partial charge on any atom is -0.483 e. The Morgan fingerprint density at radius 3 is 2.41 bits per heavy atom. The molecule has 0 unspecified atom stereocenters. The van der Waals surface area contributed by atoms with Crippen LogP contribution in [-0.2, 0) is 13.2 Å². The molecule has 0 aliphatic rings. The number of hydrogen-bond donors (Lipinski definition) is 1. The van der Waals surface area contributed by atoms with Crippen LogP contribution in [0.2, 0.25) is 0 Å². The van der Waals surface area contributed by atoms with Crippen LogP contribution in [0.15, 0.2) is 53.1 Å². The van der Waals surface area contributed by atoms with Gasteiger partial charge in [0, 0.05) is 11.6 Å². The third kappa shape index (κ3) is 4.28. The summed E-state index contributed by atoms with van der Waals surface area (Å²) in [6.45, 7) is -0.207. The predicted octanol–water partition coefficient (Wildman–Crippen LogP) is 4.35. The van der Waals surface area contributed by atoms with Crippen molar-refractivity contribution < 1.29 is 31.5 Å². The first-order valence-electron chi connectivity index (χ1n) is 7.81. The van der Waals surface area contributed by atoms with Crippen molar-refractivity contribution in [1.82, 2.24) is 5.32 Å². The van der Waals surface area contributed by atoms with Crippen LogP contribution in [0.1, 0.15) is 21.7 Å². The number of carbonyl (C=O) groups excluding carboxylic acids is 1. The second-order valence-electron chi connectivity index (χ2n) is 5.55. The highest BCUT2D eigenvalue weighted by molar-refractivity contribution is 5.94. The summed E-state index contributed by atoms with van der Waals surface area (Å²) >= 11 is 0. The molecule has 0 aliphatic carbocycles. The maximum atomic E-state index is 13.6. The lowest BCUT2D eigenvalue weighted by molar-refractivity contribution is 0.0948. The third-order valence-electron chi connectivity index (χ3n) is 3.65. The number of halogens is 4. The first kappa shape index (κ1) is 18.5. The molecule has 8 heteroatoms. The van der Waals surface area contributed by atoms with Gasteiger partial charge < -0.3 is 14.5 Å². The van der Waals surface area contributed by atoms with E-state index in [-0.39, 0.29) is 18.2 Å². The van der Waals surface area contributed by atoms with Crippen LogP contribution >= 0.6 is 0 Å². The summed E-state index contributed by atoms with van der Waals surface area (Å²) in [7, 11) is 0. The van der Waals surface area contributed by atoms with Crippen molar-refractivity contribution in [2.75, 3.05) is 0 Å². The maximum Gasteiger partial charge on any atom is 0.251 e. The summed E-state index contributed by atoms with van der Waals surface area (Å²) in [4.78, 5) is 12.2. The van der Waals surface area contributed by atoms with Crippen molar-refractivity contribution in [3.63, 3.8) is 0 Å². The zero-order valence-electron chi connectivity index (χ0n) is 13.8. The quantitative estimate of drug-likeness (QED) is 0.512. The Hall–Kier alpha value is -3.29. The number of nitrogens with one attached hydrogen (secondary N) is 1. The van der Waals surface area contributed by atoms with Crippen LogP contribution in [0.5, 0.6) is 5.75 Å². The van der Waals surface area contributed by atoms with E-state index in [2.05, 4.69) is 5.32 Å². The molecule has 3 aromatic rings. The first-order valence-corrected chi connectivity index (χ1v) is 7.81. The summed E-state index contributed by atoms with van der Waals surface area (Å²) in [5, 5.41) is 2.64. The third-order valence-corrected chi connectivity index (χ3v) is 3.65. The smallest absolute Gasteiger partial charge is 0.251 e. The first-order chi connectivity index (χ1) is 13.0. The fourth-order valence-corrected chi connectivity index (χ4v) is 2.32. The van der Waals surface area contributed by atoms with Gasteiger partial charge in [-0.1, -0.05) is 12.1 Å². The number of benzene rings is 2. The number of amides is 1. The molecule has 2 aromatic carbocycles. The predicted molar refractivity (Wildman–Crippen MR) is 86.9 cm³/mol. The molecule has 0 radical (unpaired) electrons. The van der Waals surface area contributed by atoms with Crippen LogP contribution in [0.3, 0.4) is 0 Å². The highest BCUT2D eigenvalue weighted by Gasteiger charge is 2.20. The molecule has 0 saturated heterocycles. The van der Waals surface area contributed by atoms with Crippen LogP contribution in [0.25, 0.3) is 0 Å². The second-order valence-corrected chi connectivity index (χ2v) is 5.55. The van der Waals surface area contributed by atoms with Crippen molar-refractivity contribution in [1.29, 1.82) is 0 Å². The highest BCUT2D eigenvalue weighted by atomic mass is 19.2. The van der Waals surface area contributed by atoms with E-state index in [9.17, 15) is 22.4 Å². The Bertz CT molecular complexity index is 932. The average molecular weight is 379 g/mol. The SMILES string of the molecule is O=C(NCc1ccco1)c1cccc(COc2c(F)c(F)cc(F)c2F)c1. The van der Waals surface area contributed by atoms with E-state index in [1.54, 1.807) is 18.2 Å². The molecule has 0 saturated carbocycles. The highest BCUT2D eigenvalue weighted by Crippen LogP contribution is 2.27. The fourth-order valence-electron chi connectivity index (χ4n) is 2.32. The van der Waals surface area contributed by atoms with Crippen molar-refractivity contribution in [3.05, 3.63) is 88.9 Å². The van der Waals surface area contributed by atoms with Gasteiger partial charge in [0.1, 0.15) is 12.4 Å². The van der Waals surface area contributed by atoms with Gasteiger partial charge in [0.25, 0.3) is 5.91 Å².